The van der Waals surface area contributed by atoms with Crippen molar-refractivity contribution >= 4 is 7.60 Å². The molecular weight excluding hydrogens is 321 g/mol. The second kappa shape index (κ2) is 7.62. The summed E-state index contributed by atoms with van der Waals surface area (Å²) in [6, 6.07) is 19.7. The van der Waals surface area contributed by atoms with E-state index in [1.807, 2.05) is 74.5 Å². The molecule has 2 aromatic carbocycles. The van der Waals surface area contributed by atoms with Gasteiger partial charge in [0.2, 0.25) is 0 Å². The first-order chi connectivity index (χ1) is 11.4. The highest BCUT2D eigenvalue weighted by Crippen LogP contribution is 2.65. The summed E-state index contributed by atoms with van der Waals surface area (Å²) in [6.45, 7) is 3.90. The number of hydrogen-bond donors (Lipinski definition) is 1. The monoisotopic (exact) mass is 347 g/mol. The summed E-state index contributed by atoms with van der Waals surface area (Å²) in [5.74, 6) is -0.473. The predicted octanol–water partition coefficient (Wildman–Crippen LogP) is 4.62. The zero-order valence-corrected chi connectivity index (χ0v) is 15.6. The van der Waals surface area contributed by atoms with Gasteiger partial charge in [0.1, 0.15) is 5.28 Å². The topological polar surface area (TPSA) is 61.5 Å². The van der Waals surface area contributed by atoms with E-state index in [1.54, 1.807) is 0 Å². The van der Waals surface area contributed by atoms with E-state index >= 15 is 0 Å². The van der Waals surface area contributed by atoms with Gasteiger partial charge in [0.05, 0.1) is 0 Å². The molecule has 24 heavy (non-hydrogen) atoms. The van der Waals surface area contributed by atoms with Crippen molar-refractivity contribution < 1.29 is 13.6 Å². The average Bonchev–Trinajstić information content (AvgIpc) is 2.62. The summed E-state index contributed by atoms with van der Waals surface area (Å²) in [5, 5.41) is -1.21. The van der Waals surface area contributed by atoms with Crippen molar-refractivity contribution in [3.63, 3.8) is 0 Å². The van der Waals surface area contributed by atoms with Crippen molar-refractivity contribution in [2.45, 2.75) is 25.0 Å². The third kappa shape index (κ3) is 3.20. The van der Waals surface area contributed by atoms with Crippen LogP contribution in [-0.2, 0) is 13.6 Å². The molecule has 2 aromatic rings. The Balaban J connectivity index is 2.75. The molecule has 130 valence electrons. The molecule has 0 aliphatic heterocycles. The molecule has 1 atom stereocenters. The van der Waals surface area contributed by atoms with Gasteiger partial charge in [-0.2, -0.15) is 0 Å². The van der Waals surface area contributed by atoms with Crippen molar-refractivity contribution in [3.05, 3.63) is 71.8 Å². The van der Waals surface area contributed by atoms with Gasteiger partial charge in [0.15, 0.2) is 0 Å². The summed E-state index contributed by atoms with van der Waals surface area (Å²) in [7, 11) is -0.788. The van der Waals surface area contributed by atoms with Crippen molar-refractivity contribution in [1.82, 2.24) is 0 Å². The molecule has 0 aliphatic rings. The SMILES string of the molecule is COP(=O)(OC)[C@](N)(C(C)C)C(c1ccccc1)c1ccccc1. The fourth-order valence-corrected chi connectivity index (χ4v) is 5.24. The van der Waals surface area contributed by atoms with Crippen LogP contribution in [0, 0.1) is 5.92 Å². The van der Waals surface area contributed by atoms with Crippen LogP contribution in [0.3, 0.4) is 0 Å². The minimum Gasteiger partial charge on any atom is -0.314 e. The molecule has 0 heterocycles. The van der Waals surface area contributed by atoms with Crippen LogP contribution in [0.25, 0.3) is 0 Å². The fraction of sp³-hybridized carbons (Fsp3) is 0.368. The highest BCUT2D eigenvalue weighted by molar-refractivity contribution is 7.55. The van der Waals surface area contributed by atoms with E-state index in [0.29, 0.717) is 0 Å². The van der Waals surface area contributed by atoms with E-state index in [2.05, 4.69) is 0 Å². The maximum atomic E-state index is 13.4. The maximum Gasteiger partial charge on any atom is 0.351 e. The Morgan fingerprint density at radius 3 is 1.54 bits per heavy atom. The summed E-state index contributed by atoms with van der Waals surface area (Å²) in [6.07, 6.45) is 0. The second-order valence-electron chi connectivity index (χ2n) is 6.16. The molecule has 0 bridgehead atoms. The van der Waals surface area contributed by atoms with Gasteiger partial charge in [-0.3, -0.25) is 4.57 Å². The summed E-state index contributed by atoms with van der Waals surface area (Å²) in [5.41, 5.74) is 8.80. The van der Waals surface area contributed by atoms with Crippen LogP contribution in [0.1, 0.15) is 30.9 Å². The van der Waals surface area contributed by atoms with Gasteiger partial charge >= 0.3 is 7.60 Å². The Labute approximate surface area is 144 Å². The van der Waals surface area contributed by atoms with Crippen LogP contribution >= 0.6 is 7.60 Å². The van der Waals surface area contributed by atoms with Gasteiger partial charge in [0.25, 0.3) is 0 Å². The van der Waals surface area contributed by atoms with Gasteiger partial charge in [-0.05, 0) is 17.0 Å². The average molecular weight is 347 g/mol. The second-order valence-corrected chi connectivity index (χ2v) is 8.66. The number of rotatable bonds is 7. The number of nitrogens with two attached hydrogens (primary N) is 1. The summed E-state index contributed by atoms with van der Waals surface area (Å²) < 4.78 is 24.1. The fourth-order valence-electron chi connectivity index (χ4n) is 3.22. The molecule has 0 radical (unpaired) electrons. The lowest BCUT2D eigenvalue weighted by molar-refractivity contribution is 0.215. The third-order valence-corrected chi connectivity index (χ3v) is 7.29. The molecule has 0 aliphatic carbocycles. The molecule has 2 rings (SSSR count). The van der Waals surface area contributed by atoms with Gasteiger partial charge < -0.3 is 14.8 Å². The molecule has 4 nitrogen and oxygen atoms in total. The van der Waals surface area contributed by atoms with E-state index in [0.717, 1.165) is 11.1 Å². The Kier molecular flexibility index (Phi) is 6.00. The minimum atomic E-state index is -3.57. The van der Waals surface area contributed by atoms with Crippen molar-refractivity contribution in [3.8, 4) is 0 Å². The highest BCUT2D eigenvalue weighted by atomic mass is 31.2. The van der Waals surface area contributed by atoms with Crippen LogP contribution in [-0.4, -0.2) is 19.5 Å². The van der Waals surface area contributed by atoms with Crippen molar-refractivity contribution in [1.29, 1.82) is 0 Å². The van der Waals surface area contributed by atoms with Gasteiger partial charge in [-0.15, -0.1) is 0 Å². The maximum absolute atomic E-state index is 13.4. The first kappa shape index (κ1) is 18.9. The lowest BCUT2D eigenvalue weighted by atomic mass is 9.80. The van der Waals surface area contributed by atoms with Crippen LogP contribution in [0.5, 0.6) is 0 Å². The third-order valence-electron chi connectivity index (χ3n) is 4.61. The molecule has 0 fully saturated rings. The van der Waals surface area contributed by atoms with Gasteiger partial charge in [-0.25, -0.2) is 0 Å². The lowest BCUT2D eigenvalue weighted by Gasteiger charge is -2.44. The standard InChI is InChI=1S/C19H26NO3P/c1-15(2)19(20,24(21,22-3)23-4)18(16-11-7-5-8-12-16)17-13-9-6-10-14-17/h5-15,18H,20H2,1-4H3/t19-/m1/s1. The molecule has 2 N–H and O–H groups in total. The quantitative estimate of drug-likeness (QED) is 0.743. The van der Waals surface area contributed by atoms with E-state index in [4.69, 9.17) is 14.8 Å². The molecule has 0 saturated heterocycles. The molecule has 0 spiro atoms. The first-order valence-electron chi connectivity index (χ1n) is 8.01. The van der Waals surface area contributed by atoms with E-state index in [9.17, 15) is 4.57 Å². The summed E-state index contributed by atoms with van der Waals surface area (Å²) >= 11 is 0. The van der Waals surface area contributed by atoms with Gasteiger partial charge in [0, 0.05) is 20.1 Å². The van der Waals surface area contributed by atoms with Crippen LogP contribution in [0.4, 0.5) is 0 Å². The molecule has 0 amide bonds. The number of hydrogen-bond acceptors (Lipinski definition) is 4. The van der Waals surface area contributed by atoms with Gasteiger partial charge in [-0.1, -0.05) is 74.5 Å². The Morgan fingerprint density at radius 2 is 1.25 bits per heavy atom. The first-order valence-corrected chi connectivity index (χ1v) is 9.55. The van der Waals surface area contributed by atoms with Crippen LogP contribution in [0.2, 0.25) is 0 Å². The van der Waals surface area contributed by atoms with Crippen LogP contribution < -0.4 is 5.73 Å². The zero-order valence-electron chi connectivity index (χ0n) is 14.7. The highest BCUT2D eigenvalue weighted by Gasteiger charge is 2.55. The predicted molar refractivity (Wildman–Crippen MR) is 98.1 cm³/mol. The van der Waals surface area contributed by atoms with E-state index in [1.165, 1.54) is 14.2 Å². The minimum absolute atomic E-state index is 0.145. The lowest BCUT2D eigenvalue weighted by Crippen LogP contribution is -2.51. The zero-order chi connectivity index (χ0) is 17.8. The van der Waals surface area contributed by atoms with Crippen LogP contribution in [0.15, 0.2) is 60.7 Å². The Morgan fingerprint density at radius 1 is 0.875 bits per heavy atom. The van der Waals surface area contributed by atoms with Crippen molar-refractivity contribution in [2.24, 2.45) is 11.7 Å². The van der Waals surface area contributed by atoms with Crippen molar-refractivity contribution in [2.75, 3.05) is 14.2 Å². The molecule has 0 unspecified atom stereocenters. The van der Waals surface area contributed by atoms with E-state index < -0.39 is 12.9 Å². The smallest absolute Gasteiger partial charge is 0.314 e. The molecule has 5 heteroatoms. The number of benzene rings is 2. The Bertz CT molecular complexity index is 643. The molecular formula is C19H26NO3P. The normalized spacial score (nSPS) is 14.8. The largest absolute Gasteiger partial charge is 0.351 e. The molecule has 0 saturated carbocycles. The molecule has 0 aromatic heterocycles. The van der Waals surface area contributed by atoms with E-state index in [-0.39, 0.29) is 11.8 Å². The summed E-state index contributed by atoms with van der Waals surface area (Å²) in [4.78, 5) is 0. The Hall–Kier alpha value is -1.45.